The van der Waals surface area contributed by atoms with Gasteiger partial charge in [-0.3, -0.25) is 15.5 Å². The number of halogens is 4. The summed E-state index contributed by atoms with van der Waals surface area (Å²) < 4.78 is 32.0. The Labute approximate surface area is 189 Å². The number of nitrogens with one attached hydrogen (secondary N) is 3. The highest BCUT2D eigenvalue weighted by molar-refractivity contribution is 6.46. The Balaban J connectivity index is 1.75. The topological polar surface area (TPSA) is 144 Å². The van der Waals surface area contributed by atoms with Crippen LogP contribution in [0.1, 0.15) is 5.56 Å². The van der Waals surface area contributed by atoms with Crippen LogP contribution in [0.2, 0.25) is 10.0 Å². The van der Waals surface area contributed by atoms with Crippen molar-refractivity contribution in [1.29, 1.82) is 10.7 Å². The Morgan fingerprint density at radius 1 is 1.28 bits per heavy atom. The predicted octanol–water partition coefficient (Wildman–Crippen LogP) is 3.53. The van der Waals surface area contributed by atoms with Gasteiger partial charge in [0.25, 0.3) is 11.8 Å². The van der Waals surface area contributed by atoms with Gasteiger partial charge in [0, 0.05) is 5.69 Å². The molecule has 1 saturated heterocycles. The molecule has 1 aliphatic rings. The van der Waals surface area contributed by atoms with Crippen molar-refractivity contribution in [2.75, 3.05) is 23.3 Å². The molecule has 3 amide bonds. The normalized spacial score (nSPS) is 14.1. The lowest BCUT2D eigenvalue weighted by molar-refractivity contribution is -0.113. The number of nitrogens with zero attached hydrogens (tertiary/aromatic N) is 4. The zero-order valence-corrected chi connectivity index (χ0v) is 17.7. The maximum absolute atomic E-state index is 13.2. The first-order valence-corrected chi connectivity index (χ1v) is 9.48. The molecule has 0 atom stereocenters. The number of carbonyl (C=O) groups is 2. The molecular formula is C18H13Cl2F2N7O3. The summed E-state index contributed by atoms with van der Waals surface area (Å²) in [6.45, 7) is 0.661. The molecule has 0 spiro atoms. The van der Waals surface area contributed by atoms with Crippen LogP contribution in [-0.4, -0.2) is 46.6 Å². The Hall–Kier alpha value is -3.56. The number of hydrogen-bond acceptors (Lipinski definition) is 8. The summed E-state index contributed by atoms with van der Waals surface area (Å²) in [4.78, 5) is 32.6. The maximum Gasteiger partial charge on any atom is 0.326 e. The zero-order chi connectivity index (χ0) is 23.6. The van der Waals surface area contributed by atoms with Gasteiger partial charge < -0.3 is 15.0 Å². The van der Waals surface area contributed by atoms with Crippen molar-refractivity contribution in [2.45, 2.75) is 12.8 Å². The number of benzene rings is 1. The van der Waals surface area contributed by atoms with Crippen LogP contribution in [0.4, 0.5) is 25.1 Å². The predicted molar refractivity (Wildman–Crippen MR) is 111 cm³/mol. The van der Waals surface area contributed by atoms with E-state index in [2.05, 4.69) is 15.3 Å². The molecule has 32 heavy (non-hydrogen) atoms. The van der Waals surface area contributed by atoms with E-state index in [4.69, 9.17) is 38.6 Å². The van der Waals surface area contributed by atoms with Gasteiger partial charge in [0.1, 0.15) is 18.2 Å². The lowest BCUT2D eigenvalue weighted by Gasteiger charge is -2.40. The van der Waals surface area contributed by atoms with Crippen LogP contribution in [0.5, 0.6) is 11.6 Å². The number of urea groups is 1. The van der Waals surface area contributed by atoms with E-state index in [1.54, 1.807) is 12.2 Å². The molecule has 166 valence electrons. The monoisotopic (exact) mass is 483 g/mol. The third kappa shape index (κ3) is 5.01. The number of rotatable bonds is 5. The lowest BCUT2D eigenvalue weighted by atomic mass is 10.1. The third-order valence-corrected chi connectivity index (χ3v) is 4.74. The SMILES string of the molecule is Cc1c(Oc2c(Cl)cc(NC(=O)NC(=O)C(=N)C#N)cc2Cl)ncnc1N1CC(F)(F)C1. The molecule has 1 aromatic heterocycles. The highest BCUT2D eigenvalue weighted by Gasteiger charge is 2.45. The second-order valence-electron chi connectivity index (χ2n) is 6.61. The van der Waals surface area contributed by atoms with Gasteiger partial charge in [-0.15, -0.1) is 0 Å². The first-order chi connectivity index (χ1) is 15.0. The first kappa shape index (κ1) is 23.1. The van der Waals surface area contributed by atoms with Gasteiger partial charge in [-0.05, 0) is 19.1 Å². The molecule has 1 fully saturated rings. The van der Waals surface area contributed by atoms with Crippen molar-refractivity contribution in [2.24, 2.45) is 0 Å². The molecule has 1 aromatic carbocycles. The minimum atomic E-state index is -2.78. The van der Waals surface area contributed by atoms with Crippen molar-refractivity contribution in [3.05, 3.63) is 34.1 Å². The fourth-order valence-corrected chi connectivity index (χ4v) is 3.28. The van der Waals surface area contributed by atoms with Gasteiger partial charge >= 0.3 is 6.03 Å². The molecule has 1 aliphatic heterocycles. The van der Waals surface area contributed by atoms with Crippen molar-refractivity contribution in [3.8, 4) is 17.7 Å². The molecule has 0 unspecified atom stereocenters. The molecule has 2 heterocycles. The summed E-state index contributed by atoms with van der Waals surface area (Å²) in [7, 11) is 0. The van der Waals surface area contributed by atoms with Gasteiger partial charge in [0.15, 0.2) is 11.5 Å². The Kier molecular flexibility index (Phi) is 6.42. The fourth-order valence-electron chi connectivity index (χ4n) is 2.71. The van der Waals surface area contributed by atoms with Crippen molar-refractivity contribution >= 4 is 52.4 Å². The number of carbonyl (C=O) groups excluding carboxylic acids is 2. The van der Waals surface area contributed by atoms with E-state index in [9.17, 15) is 18.4 Å². The maximum atomic E-state index is 13.2. The highest BCUT2D eigenvalue weighted by Crippen LogP contribution is 2.41. The smallest absolute Gasteiger partial charge is 0.326 e. The molecule has 3 N–H and O–H groups in total. The minimum absolute atomic E-state index is 0.0108. The Bertz CT molecular complexity index is 1140. The second-order valence-corrected chi connectivity index (χ2v) is 7.42. The van der Waals surface area contributed by atoms with Crippen LogP contribution in [-0.2, 0) is 4.79 Å². The molecule has 2 aromatic rings. The molecule has 14 heteroatoms. The van der Waals surface area contributed by atoms with Crippen molar-refractivity contribution < 1.29 is 23.1 Å². The second kappa shape index (κ2) is 8.89. The summed E-state index contributed by atoms with van der Waals surface area (Å²) in [5, 5.41) is 19.5. The molecule has 0 saturated carbocycles. The van der Waals surface area contributed by atoms with Gasteiger partial charge in [0.05, 0.1) is 28.7 Å². The van der Waals surface area contributed by atoms with E-state index < -0.39 is 36.7 Å². The van der Waals surface area contributed by atoms with Crippen LogP contribution in [0.25, 0.3) is 0 Å². The molecule has 3 rings (SSSR count). The molecular weight excluding hydrogens is 471 g/mol. The number of hydrogen-bond donors (Lipinski definition) is 3. The fraction of sp³-hybridized carbons (Fsp3) is 0.222. The third-order valence-electron chi connectivity index (χ3n) is 4.18. The summed E-state index contributed by atoms with van der Waals surface area (Å²) in [5.74, 6) is -3.64. The van der Waals surface area contributed by atoms with Gasteiger partial charge in [-0.1, -0.05) is 23.2 Å². The van der Waals surface area contributed by atoms with Gasteiger partial charge in [-0.25, -0.2) is 23.5 Å². The first-order valence-electron chi connectivity index (χ1n) is 8.73. The summed E-state index contributed by atoms with van der Waals surface area (Å²) in [6.07, 6.45) is 1.16. The van der Waals surface area contributed by atoms with E-state index in [0.29, 0.717) is 5.56 Å². The summed E-state index contributed by atoms with van der Waals surface area (Å²) >= 11 is 12.4. The number of aromatic nitrogens is 2. The number of amides is 3. The average Bonchev–Trinajstić information content (AvgIpc) is 2.69. The Morgan fingerprint density at radius 3 is 2.47 bits per heavy atom. The van der Waals surface area contributed by atoms with E-state index in [0.717, 1.165) is 6.33 Å². The quantitative estimate of drug-likeness (QED) is 0.551. The highest BCUT2D eigenvalue weighted by atomic mass is 35.5. The van der Waals surface area contributed by atoms with E-state index in [1.807, 2.05) is 0 Å². The van der Waals surface area contributed by atoms with Crippen molar-refractivity contribution in [3.63, 3.8) is 0 Å². The van der Waals surface area contributed by atoms with Crippen LogP contribution in [0.3, 0.4) is 0 Å². The molecule has 0 radical (unpaired) electrons. The van der Waals surface area contributed by atoms with E-state index in [-0.39, 0.29) is 33.2 Å². The lowest BCUT2D eigenvalue weighted by Crippen LogP contribution is -2.56. The largest absolute Gasteiger partial charge is 0.435 e. The molecule has 0 bridgehead atoms. The number of nitriles is 1. The number of alkyl halides is 2. The van der Waals surface area contributed by atoms with E-state index >= 15 is 0 Å². The minimum Gasteiger partial charge on any atom is -0.435 e. The number of anilines is 2. The van der Waals surface area contributed by atoms with Crippen LogP contribution in [0.15, 0.2) is 18.5 Å². The van der Waals surface area contributed by atoms with Gasteiger partial charge in [-0.2, -0.15) is 5.26 Å². The number of ether oxygens (including phenoxy) is 1. The summed E-state index contributed by atoms with van der Waals surface area (Å²) in [6, 6.07) is 2.82. The van der Waals surface area contributed by atoms with E-state index in [1.165, 1.54) is 23.1 Å². The zero-order valence-electron chi connectivity index (χ0n) is 16.2. The molecule has 0 aliphatic carbocycles. The molecule has 10 nitrogen and oxygen atoms in total. The Morgan fingerprint density at radius 2 is 1.91 bits per heavy atom. The standard InChI is InChI=1S/C18H13Cl2F2N7O3/c1-8-14(29-5-18(21,22)6-29)25-7-26-16(8)32-13-10(19)2-9(3-11(13)20)27-17(31)28-15(30)12(24)4-23/h2-3,7,24H,5-6H2,1H3,(H2,27,28,30,31). The van der Waals surface area contributed by atoms with Crippen molar-refractivity contribution in [1.82, 2.24) is 15.3 Å². The van der Waals surface area contributed by atoms with Crippen LogP contribution < -0.4 is 20.3 Å². The number of imide groups is 1. The average molecular weight is 484 g/mol. The van der Waals surface area contributed by atoms with Crippen LogP contribution in [0, 0.1) is 23.7 Å². The summed E-state index contributed by atoms with van der Waals surface area (Å²) in [5.41, 5.74) is -0.458. The van der Waals surface area contributed by atoms with Crippen LogP contribution >= 0.6 is 23.2 Å². The van der Waals surface area contributed by atoms with Gasteiger partial charge in [0.2, 0.25) is 5.88 Å².